The highest BCUT2D eigenvalue weighted by Crippen LogP contribution is 2.23. The molecule has 0 bridgehead atoms. The SMILES string of the molecule is Cc1ccc(CS(=O)(=O)N2CCCC(COc3ccc(F)cc3)C2)cc1. The zero-order valence-electron chi connectivity index (χ0n) is 14.9. The molecule has 1 saturated heterocycles. The molecule has 1 heterocycles. The van der Waals surface area contributed by atoms with E-state index in [4.69, 9.17) is 4.74 Å². The molecule has 1 aliphatic heterocycles. The lowest BCUT2D eigenvalue weighted by Gasteiger charge is -2.31. The number of halogens is 1. The molecule has 0 aromatic heterocycles. The second-order valence-electron chi connectivity index (χ2n) is 6.87. The van der Waals surface area contributed by atoms with Crippen molar-refractivity contribution in [2.75, 3.05) is 19.7 Å². The van der Waals surface area contributed by atoms with E-state index in [1.54, 1.807) is 16.4 Å². The Labute approximate surface area is 154 Å². The lowest BCUT2D eigenvalue weighted by Crippen LogP contribution is -2.42. The molecule has 6 heteroatoms. The number of hydrogen-bond acceptors (Lipinski definition) is 3. The molecule has 0 spiro atoms. The summed E-state index contributed by atoms with van der Waals surface area (Å²) in [6, 6.07) is 13.5. The number of ether oxygens (including phenoxy) is 1. The van der Waals surface area contributed by atoms with Crippen molar-refractivity contribution in [3.05, 3.63) is 65.5 Å². The summed E-state index contributed by atoms with van der Waals surface area (Å²) in [4.78, 5) is 0. The van der Waals surface area contributed by atoms with Crippen molar-refractivity contribution in [2.24, 2.45) is 5.92 Å². The Morgan fingerprint density at radius 3 is 2.50 bits per heavy atom. The molecule has 26 heavy (non-hydrogen) atoms. The van der Waals surface area contributed by atoms with Crippen LogP contribution in [0.25, 0.3) is 0 Å². The summed E-state index contributed by atoms with van der Waals surface area (Å²) in [6.07, 6.45) is 1.75. The first-order valence-corrected chi connectivity index (χ1v) is 10.4. The Bertz CT molecular complexity index is 819. The van der Waals surface area contributed by atoms with E-state index < -0.39 is 10.0 Å². The topological polar surface area (TPSA) is 46.6 Å². The maximum Gasteiger partial charge on any atom is 0.218 e. The fourth-order valence-corrected chi connectivity index (χ4v) is 4.79. The molecule has 1 atom stereocenters. The van der Waals surface area contributed by atoms with E-state index in [1.807, 2.05) is 31.2 Å². The van der Waals surface area contributed by atoms with Crippen LogP contribution in [0.3, 0.4) is 0 Å². The van der Waals surface area contributed by atoms with Gasteiger partial charge in [0.2, 0.25) is 10.0 Å². The van der Waals surface area contributed by atoms with Gasteiger partial charge < -0.3 is 4.74 Å². The van der Waals surface area contributed by atoms with Gasteiger partial charge in [-0.3, -0.25) is 0 Å². The zero-order valence-corrected chi connectivity index (χ0v) is 15.7. The number of hydrogen-bond donors (Lipinski definition) is 0. The van der Waals surface area contributed by atoms with Crippen LogP contribution in [-0.4, -0.2) is 32.4 Å². The molecule has 2 aromatic rings. The Morgan fingerprint density at radius 2 is 1.81 bits per heavy atom. The van der Waals surface area contributed by atoms with Gasteiger partial charge in [-0.2, -0.15) is 0 Å². The van der Waals surface area contributed by atoms with Crippen LogP contribution in [0.1, 0.15) is 24.0 Å². The zero-order chi connectivity index (χ0) is 18.6. The van der Waals surface area contributed by atoms with Crippen LogP contribution >= 0.6 is 0 Å². The molecule has 0 amide bonds. The van der Waals surface area contributed by atoms with Gasteiger partial charge in [0.05, 0.1) is 12.4 Å². The van der Waals surface area contributed by atoms with Crippen LogP contribution in [-0.2, 0) is 15.8 Å². The number of aryl methyl sites for hydroxylation is 1. The minimum atomic E-state index is -3.34. The first kappa shape index (κ1) is 18.9. The van der Waals surface area contributed by atoms with Crippen LogP contribution in [0.15, 0.2) is 48.5 Å². The number of nitrogens with zero attached hydrogens (tertiary/aromatic N) is 1. The van der Waals surface area contributed by atoms with E-state index in [0.29, 0.717) is 25.4 Å². The van der Waals surface area contributed by atoms with Crippen molar-refractivity contribution >= 4 is 10.0 Å². The summed E-state index contributed by atoms with van der Waals surface area (Å²) >= 11 is 0. The number of piperidine rings is 1. The first-order valence-electron chi connectivity index (χ1n) is 8.84. The largest absolute Gasteiger partial charge is 0.493 e. The van der Waals surface area contributed by atoms with Crippen molar-refractivity contribution < 1.29 is 17.5 Å². The third-order valence-corrected chi connectivity index (χ3v) is 6.46. The van der Waals surface area contributed by atoms with E-state index in [2.05, 4.69) is 0 Å². The molecule has 140 valence electrons. The van der Waals surface area contributed by atoms with Gasteiger partial charge in [-0.25, -0.2) is 17.1 Å². The van der Waals surface area contributed by atoms with Gasteiger partial charge in [0.1, 0.15) is 11.6 Å². The van der Waals surface area contributed by atoms with Crippen LogP contribution in [0.4, 0.5) is 4.39 Å². The monoisotopic (exact) mass is 377 g/mol. The molecule has 1 aliphatic rings. The highest BCUT2D eigenvalue weighted by molar-refractivity contribution is 7.88. The number of rotatable bonds is 6. The summed E-state index contributed by atoms with van der Waals surface area (Å²) in [7, 11) is -3.34. The molecular formula is C20H24FNO3S. The fourth-order valence-electron chi connectivity index (χ4n) is 3.15. The van der Waals surface area contributed by atoms with E-state index in [0.717, 1.165) is 24.0 Å². The minimum Gasteiger partial charge on any atom is -0.493 e. The molecule has 2 aromatic carbocycles. The second kappa shape index (κ2) is 8.18. The Morgan fingerprint density at radius 1 is 1.12 bits per heavy atom. The number of benzene rings is 2. The van der Waals surface area contributed by atoms with Crippen molar-refractivity contribution in [3.8, 4) is 5.75 Å². The summed E-state index contributed by atoms with van der Waals surface area (Å²) in [5, 5.41) is 0. The molecular weight excluding hydrogens is 353 g/mol. The predicted octanol–water partition coefficient (Wildman–Crippen LogP) is 3.75. The van der Waals surface area contributed by atoms with Gasteiger partial charge in [-0.1, -0.05) is 29.8 Å². The Hall–Kier alpha value is -1.92. The minimum absolute atomic E-state index is 0.0266. The molecule has 0 N–H and O–H groups in total. The average Bonchev–Trinajstić information content (AvgIpc) is 2.63. The van der Waals surface area contributed by atoms with Crippen LogP contribution in [0.2, 0.25) is 0 Å². The lowest BCUT2D eigenvalue weighted by molar-refractivity contribution is 0.180. The van der Waals surface area contributed by atoms with Gasteiger partial charge in [0.15, 0.2) is 0 Å². The second-order valence-corrected chi connectivity index (χ2v) is 8.84. The maximum atomic E-state index is 12.9. The molecule has 0 saturated carbocycles. The average molecular weight is 377 g/mol. The van der Waals surface area contributed by atoms with Crippen LogP contribution in [0, 0.1) is 18.7 Å². The fraction of sp³-hybridized carbons (Fsp3) is 0.400. The van der Waals surface area contributed by atoms with E-state index in [-0.39, 0.29) is 17.5 Å². The third kappa shape index (κ3) is 5.05. The van der Waals surface area contributed by atoms with Gasteiger partial charge in [0.25, 0.3) is 0 Å². The summed E-state index contributed by atoms with van der Waals surface area (Å²) in [5.41, 5.74) is 1.92. The van der Waals surface area contributed by atoms with E-state index >= 15 is 0 Å². The van der Waals surface area contributed by atoms with Crippen molar-refractivity contribution in [3.63, 3.8) is 0 Å². The Balaban J connectivity index is 1.58. The molecule has 1 fully saturated rings. The lowest BCUT2D eigenvalue weighted by atomic mass is 10.0. The van der Waals surface area contributed by atoms with E-state index in [9.17, 15) is 12.8 Å². The number of sulfonamides is 1. The molecule has 1 unspecified atom stereocenters. The first-order chi connectivity index (χ1) is 12.4. The normalized spacial score (nSPS) is 18.6. The van der Waals surface area contributed by atoms with Crippen molar-refractivity contribution in [1.29, 1.82) is 0 Å². The molecule has 4 nitrogen and oxygen atoms in total. The van der Waals surface area contributed by atoms with Gasteiger partial charge in [-0.05, 0) is 49.6 Å². The van der Waals surface area contributed by atoms with Gasteiger partial charge >= 0.3 is 0 Å². The highest BCUT2D eigenvalue weighted by atomic mass is 32.2. The Kier molecular flexibility index (Phi) is 5.94. The maximum absolute atomic E-state index is 12.9. The molecule has 0 aliphatic carbocycles. The summed E-state index contributed by atoms with van der Waals surface area (Å²) in [6.45, 7) is 3.44. The summed E-state index contributed by atoms with van der Waals surface area (Å²) < 4.78 is 45.7. The van der Waals surface area contributed by atoms with Crippen molar-refractivity contribution in [2.45, 2.75) is 25.5 Å². The van der Waals surface area contributed by atoms with E-state index in [1.165, 1.54) is 12.1 Å². The van der Waals surface area contributed by atoms with Gasteiger partial charge in [-0.15, -0.1) is 0 Å². The smallest absolute Gasteiger partial charge is 0.218 e. The van der Waals surface area contributed by atoms with Crippen LogP contribution < -0.4 is 4.74 Å². The van der Waals surface area contributed by atoms with Crippen molar-refractivity contribution in [1.82, 2.24) is 4.31 Å². The predicted molar refractivity (Wildman–Crippen MR) is 100.0 cm³/mol. The third-order valence-electron chi connectivity index (χ3n) is 4.64. The summed E-state index contributed by atoms with van der Waals surface area (Å²) in [5.74, 6) is 0.467. The van der Waals surface area contributed by atoms with Gasteiger partial charge in [0, 0.05) is 19.0 Å². The molecule has 3 rings (SSSR count). The quantitative estimate of drug-likeness (QED) is 0.770. The standard InChI is InChI=1S/C20H24FNO3S/c1-16-4-6-17(7-5-16)15-26(23,24)22-12-2-3-18(13-22)14-25-20-10-8-19(21)9-11-20/h4-11,18H,2-3,12-15H2,1H3. The highest BCUT2D eigenvalue weighted by Gasteiger charge is 2.29. The molecule has 0 radical (unpaired) electrons. The van der Waals surface area contributed by atoms with Crippen LogP contribution in [0.5, 0.6) is 5.75 Å².